The first-order valence-corrected chi connectivity index (χ1v) is 7.48. The van der Waals surface area contributed by atoms with Crippen molar-refractivity contribution in [3.63, 3.8) is 0 Å². The second kappa shape index (κ2) is 6.99. The molecule has 2 heterocycles. The molecule has 1 aromatic rings. The highest BCUT2D eigenvalue weighted by atomic mass is 32.2. The summed E-state index contributed by atoms with van der Waals surface area (Å²) < 4.78 is 0. The third kappa shape index (κ3) is 4.30. The van der Waals surface area contributed by atoms with E-state index in [-0.39, 0.29) is 0 Å². The minimum Gasteiger partial charge on any atom is -0.313 e. The Morgan fingerprint density at radius 2 is 2.18 bits per heavy atom. The van der Waals surface area contributed by atoms with E-state index >= 15 is 0 Å². The highest BCUT2D eigenvalue weighted by Crippen LogP contribution is 2.12. The highest BCUT2D eigenvalue weighted by Gasteiger charge is 2.10. The fourth-order valence-corrected chi connectivity index (χ4v) is 2.89. The van der Waals surface area contributed by atoms with E-state index < -0.39 is 0 Å². The van der Waals surface area contributed by atoms with Crippen LogP contribution >= 0.6 is 11.8 Å². The van der Waals surface area contributed by atoms with Crippen LogP contribution in [-0.4, -0.2) is 41.0 Å². The maximum Gasteiger partial charge on any atom is 0.0544 e. The molecular formula is C13H21N3S. The molecule has 2 rings (SSSR count). The molecule has 0 radical (unpaired) electrons. The van der Waals surface area contributed by atoms with E-state index in [0.29, 0.717) is 0 Å². The summed E-state index contributed by atoms with van der Waals surface area (Å²) in [5.41, 5.74) is 2.46. The summed E-state index contributed by atoms with van der Waals surface area (Å²) in [6.07, 6.45) is 2.00. The topological polar surface area (TPSA) is 28.2 Å². The molecule has 0 saturated carbocycles. The summed E-state index contributed by atoms with van der Waals surface area (Å²) in [5.74, 6) is 2.52. The second-order valence-electron chi connectivity index (χ2n) is 4.33. The van der Waals surface area contributed by atoms with E-state index in [1.807, 2.05) is 6.20 Å². The van der Waals surface area contributed by atoms with Gasteiger partial charge in [0.15, 0.2) is 0 Å². The Balaban J connectivity index is 1.84. The largest absolute Gasteiger partial charge is 0.313 e. The zero-order valence-corrected chi connectivity index (χ0v) is 11.3. The minimum atomic E-state index is 0.921. The lowest BCUT2D eigenvalue weighted by molar-refractivity contribution is 0.291. The van der Waals surface area contributed by atoms with Crippen molar-refractivity contribution in [3.8, 4) is 0 Å². The summed E-state index contributed by atoms with van der Waals surface area (Å²) in [6.45, 7) is 7.45. The lowest BCUT2D eigenvalue weighted by atomic mass is 10.2. The maximum atomic E-state index is 4.54. The molecular weight excluding hydrogens is 230 g/mol. The van der Waals surface area contributed by atoms with Gasteiger partial charge in [-0.25, -0.2) is 0 Å². The van der Waals surface area contributed by atoms with Gasteiger partial charge in [-0.15, -0.1) is 0 Å². The summed E-state index contributed by atoms with van der Waals surface area (Å²) in [5, 5.41) is 3.31. The van der Waals surface area contributed by atoms with Gasteiger partial charge in [0, 0.05) is 43.9 Å². The molecule has 4 heteroatoms. The first-order chi connectivity index (χ1) is 8.38. The van der Waals surface area contributed by atoms with E-state index in [1.54, 1.807) is 0 Å². The van der Waals surface area contributed by atoms with Gasteiger partial charge in [-0.05, 0) is 18.2 Å². The van der Waals surface area contributed by atoms with Crippen molar-refractivity contribution < 1.29 is 0 Å². The van der Waals surface area contributed by atoms with Gasteiger partial charge in [0.2, 0.25) is 0 Å². The third-order valence-corrected chi connectivity index (χ3v) is 3.90. The number of nitrogens with one attached hydrogen (secondary N) is 1. The van der Waals surface area contributed by atoms with Crippen molar-refractivity contribution in [2.24, 2.45) is 0 Å². The molecule has 17 heavy (non-hydrogen) atoms. The Kier molecular flexibility index (Phi) is 5.29. The van der Waals surface area contributed by atoms with E-state index in [0.717, 1.165) is 19.6 Å². The van der Waals surface area contributed by atoms with Crippen LogP contribution in [0.25, 0.3) is 0 Å². The van der Waals surface area contributed by atoms with Crippen LogP contribution in [0.1, 0.15) is 18.2 Å². The van der Waals surface area contributed by atoms with Crippen molar-refractivity contribution in [2.45, 2.75) is 20.0 Å². The van der Waals surface area contributed by atoms with Crippen LogP contribution < -0.4 is 5.32 Å². The van der Waals surface area contributed by atoms with Crippen molar-refractivity contribution in [3.05, 3.63) is 29.6 Å². The molecule has 0 bridgehead atoms. The van der Waals surface area contributed by atoms with Crippen molar-refractivity contribution in [1.29, 1.82) is 0 Å². The van der Waals surface area contributed by atoms with E-state index in [1.165, 1.54) is 35.9 Å². The summed E-state index contributed by atoms with van der Waals surface area (Å²) in [6, 6.07) is 4.35. The third-order valence-electron chi connectivity index (χ3n) is 2.95. The van der Waals surface area contributed by atoms with Crippen LogP contribution in [0.2, 0.25) is 0 Å². The van der Waals surface area contributed by atoms with Gasteiger partial charge in [0.1, 0.15) is 0 Å². The van der Waals surface area contributed by atoms with Crippen LogP contribution in [0.3, 0.4) is 0 Å². The molecule has 0 aliphatic carbocycles. The number of nitrogens with zero attached hydrogens (tertiary/aromatic N) is 2. The number of pyridine rings is 1. The predicted octanol–water partition coefficient (Wildman–Crippen LogP) is 1.74. The Labute approximate surface area is 108 Å². The van der Waals surface area contributed by atoms with Crippen molar-refractivity contribution >= 4 is 11.8 Å². The average Bonchev–Trinajstić information content (AvgIpc) is 2.39. The van der Waals surface area contributed by atoms with Gasteiger partial charge in [-0.3, -0.25) is 9.88 Å². The van der Waals surface area contributed by atoms with Gasteiger partial charge < -0.3 is 5.32 Å². The monoisotopic (exact) mass is 251 g/mol. The Bertz CT molecular complexity index is 320. The van der Waals surface area contributed by atoms with Gasteiger partial charge >= 0.3 is 0 Å². The molecule has 3 nitrogen and oxygen atoms in total. The molecule has 1 fully saturated rings. The lowest BCUT2D eigenvalue weighted by Gasteiger charge is -2.25. The van der Waals surface area contributed by atoms with Gasteiger partial charge in [-0.1, -0.05) is 13.0 Å². The molecule has 1 aromatic heterocycles. The van der Waals surface area contributed by atoms with Crippen LogP contribution in [0.15, 0.2) is 18.3 Å². The Morgan fingerprint density at radius 3 is 2.82 bits per heavy atom. The number of rotatable bonds is 5. The highest BCUT2D eigenvalue weighted by molar-refractivity contribution is 7.99. The first-order valence-electron chi connectivity index (χ1n) is 6.33. The van der Waals surface area contributed by atoms with E-state index in [4.69, 9.17) is 0 Å². The van der Waals surface area contributed by atoms with Gasteiger partial charge in [-0.2, -0.15) is 11.8 Å². The zero-order valence-electron chi connectivity index (χ0n) is 10.5. The number of thioether (sulfide) groups is 1. The fraction of sp³-hybridized carbons (Fsp3) is 0.615. The van der Waals surface area contributed by atoms with Crippen LogP contribution in [0.4, 0.5) is 0 Å². The molecule has 1 aliphatic rings. The second-order valence-corrected chi connectivity index (χ2v) is 5.55. The molecule has 94 valence electrons. The Hall–Kier alpha value is -0.580. The molecule has 1 aliphatic heterocycles. The Morgan fingerprint density at radius 1 is 1.35 bits per heavy atom. The number of hydrogen-bond donors (Lipinski definition) is 1. The first kappa shape index (κ1) is 12.9. The van der Waals surface area contributed by atoms with Crippen molar-refractivity contribution in [1.82, 2.24) is 15.2 Å². The predicted molar refractivity (Wildman–Crippen MR) is 74.2 cm³/mol. The molecule has 0 unspecified atom stereocenters. The average molecular weight is 251 g/mol. The standard InChI is InChI=1S/C13H21N3S/c1-2-14-9-12-3-4-13(15-10-12)11-16-5-7-17-8-6-16/h3-4,10,14H,2,5-9,11H2,1H3. The molecule has 1 saturated heterocycles. The summed E-state index contributed by atoms with van der Waals surface area (Å²) in [7, 11) is 0. The molecule has 0 spiro atoms. The molecule has 0 aromatic carbocycles. The molecule has 1 N–H and O–H groups in total. The minimum absolute atomic E-state index is 0.921. The number of hydrogen-bond acceptors (Lipinski definition) is 4. The maximum absolute atomic E-state index is 4.54. The van der Waals surface area contributed by atoms with E-state index in [2.05, 4.69) is 46.0 Å². The van der Waals surface area contributed by atoms with Gasteiger partial charge in [0.05, 0.1) is 5.69 Å². The molecule has 0 amide bonds. The zero-order chi connectivity index (χ0) is 11.9. The normalized spacial score (nSPS) is 17.2. The van der Waals surface area contributed by atoms with Crippen molar-refractivity contribution in [2.75, 3.05) is 31.1 Å². The van der Waals surface area contributed by atoms with E-state index in [9.17, 15) is 0 Å². The summed E-state index contributed by atoms with van der Waals surface area (Å²) in [4.78, 5) is 7.03. The van der Waals surface area contributed by atoms with Gasteiger partial charge in [0.25, 0.3) is 0 Å². The lowest BCUT2D eigenvalue weighted by Crippen LogP contribution is -2.32. The number of aromatic nitrogens is 1. The van der Waals surface area contributed by atoms with Crippen LogP contribution in [0.5, 0.6) is 0 Å². The smallest absolute Gasteiger partial charge is 0.0544 e. The SMILES string of the molecule is CCNCc1ccc(CN2CCSCC2)nc1. The van der Waals surface area contributed by atoms with Crippen LogP contribution in [0, 0.1) is 0 Å². The fourth-order valence-electron chi connectivity index (χ4n) is 1.91. The molecule has 0 atom stereocenters. The quantitative estimate of drug-likeness (QED) is 0.863. The van der Waals surface area contributed by atoms with Crippen LogP contribution in [-0.2, 0) is 13.1 Å². The summed E-state index contributed by atoms with van der Waals surface area (Å²) >= 11 is 2.05.